The summed E-state index contributed by atoms with van der Waals surface area (Å²) in [6, 6.07) is 6.68. The molecule has 0 saturated carbocycles. The average molecular weight is 705 g/mol. The minimum absolute atomic E-state index is 0.140. The number of rotatable bonds is 29. The van der Waals surface area contributed by atoms with Crippen molar-refractivity contribution in [3.05, 3.63) is 35.4 Å². The fraction of sp³-hybridized carbons (Fsp3) is 0.762. The number of unbranched alkanes of at least 4 members (excludes halogenated alkanes) is 9. The summed E-state index contributed by atoms with van der Waals surface area (Å²) in [7, 11) is 0. The lowest BCUT2D eigenvalue weighted by Crippen LogP contribution is -2.15. The molecular formula is C42H72O8. The van der Waals surface area contributed by atoms with Crippen molar-refractivity contribution in [2.75, 3.05) is 26.4 Å². The van der Waals surface area contributed by atoms with E-state index in [1.54, 1.807) is 24.3 Å². The van der Waals surface area contributed by atoms with Crippen LogP contribution in [0.2, 0.25) is 0 Å². The van der Waals surface area contributed by atoms with E-state index in [0.29, 0.717) is 63.9 Å². The van der Waals surface area contributed by atoms with Crippen LogP contribution in [0.5, 0.6) is 0 Å². The quantitative estimate of drug-likeness (QED) is 0.0461. The first kappa shape index (κ1) is 47.1. The molecule has 0 fully saturated rings. The van der Waals surface area contributed by atoms with Gasteiger partial charge in [-0.25, -0.2) is 9.59 Å². The van der Waals surface area contributed by atoms with E-state index in [4.69, 9.17) is 18.9 Å². The largest absolute Gasteiger partial charge is 0.465 e. The second-order valence-electron chi connectivity index (χ2n) is 13.3. The lowest BCUT2D eigenvalue weighted by atomic mass is 10.0. The molecule has 1 rings (SSSR count). The van der Waals surface area contributed by atoms with Gasteiger partial charge in [0.1, 0.15) is 0 Å². The summed E-state index contributed by atoms with van der Waals surface area (Å²) in [6.45, 7) is 14.8. The van der Waals surface area contributed by atoms with E-state index in [1.807, 2.05) is 0 Å². The molecule has 1 aromatic rings. The van der Waals surface area contributed by atoms with E-state index < -0.39 is 11.9 Å². The van der Waals surface area contributed by atoms with Crippen molar-refractivity contribution in [1.29, 1.82) is 0 Å². The Hall–Kier alpha value is -2.90. The van der Waals surface area contributed by atoms with E-state index in [0.717, 1.165) is 77.0 Å². The van der Waals surface area contributed by atoms with Gasteiger partial charge in [-0.1, -0.05) is 131 Å². The van der Waals surface area contributed by atoms with Crippen molar-refractivity contribution in [3.8, 4) is 0 Å². The number of ether oxygens (including phenoxy) is 4. The molecule has 0 spiro atoms. The molecule has 0 heterocycles. The van der Waals surface area contributed by atoms with Gasteiger partial charge in [0, 0.05) is 12.8 Å². The standard InChI is InChI=1S/C22H42O4.C20H30O4/c1-5-9-13-19(7-3)17-25-21(23)15-11-12-16-22(24)26-18-20(8-4)14-10-6-2;1-3-5-7-11-15-23-19(21)17-13-9-10-14-18(17)20(22)24-16-12-8-6-4-2/h19-20H,5-18H2,1-4H3;9-10,13-14H,3-8,11-12,15-16H2,1-2H3. The van der Waals surface area contributed by atoms with Gasteiger partial charge in [0.2, 0.25) is 0 Å². The highest BCUT2D eigenvalue weighted by molar-refractivity contribution is 6.03. The Labute approximate surface area is 305 Å². The Morgan fingerprint density at radius 3 is 1.20 bits per heavy atom. The van der Waals surface area contributed by atoms with Gasteiger partial charge in [0.15, 0.2) is 0 Å². The maximum atomic E-state index is 12.2. The Bertz CT molecular complexity index is 928. The van der Waals surface area contributed by atoms with Gasteiger partial charge in [0.05, 0.1) is 37.6 Å². The topological polar surface area (TPSA) is 105 Å². The summed E-state index contributed by atoms with van der Waals surface area (Å²) in [4.78, 5) is 48.0. The molecule has 0 aliphatic rings. The highest BCUT2D eigenvalue weighted by atomic mass is 16.5. The van der Waals surface area contributed by atoms with Crippen LogP contribution in [0.25, 0.3) is 0 Å². The lowest BCUT2D eigenvalue weighted by molar-refractivity contribution is -0.147. The molecule has 0 aliphatic carbocycles. The molecule has 8 nitrogen and oxygen atoms in total. The molecule has 1 aromatic carbocycles. The van der Waals surface area contributed by atoms with E-state index in [9.17, 15) is 19.2 Å². The smallest absolute Gasteiger partial charge is 0.339 e. The van der Waals surface area contributed by atoms with Gasteiger partial charge >= 0.3 is 23.9 Å². The lowest BCUT2D eigenvalue weighted by Gasteiger charge is -2.15. The third-order valence-corrected chi connectivity index (χ3v) is 8.89. The fourth-order valence-corrected chi connectivity index (χ4v) is 5.28. The van der Waals surface area contributed by atoms with Gasteiger partial charge < -0.3 is 18.9 Å². The van der Waals surface area contributed by atoms with Crippen molar-refractivity contribution in [3.63, 3.8) is 0 Å². The van der Waals surface area contributed by atoms with Crippen LogP contribution in [-0.4, -0.2) is 50.3 Å². The van der Waals surface area contributed by atoms with Crippen molar-refractivity contribution in [1.82, 2.24) is 0 Å². The molecule has 0 radical (unpaired) electrons. The molecule has 0 bridgehead atoms. The summed E-state index contributed by atoms with van der Waals surface area (Å²) in [5, 5.41) is 0. The molecule has 0 N–H and O–H groups in total. The second kappa shape index (κ2) is 33.3. The zero-order valence-corrected chi connectivity index (χ0v) is 32.7. The predicted octanol–water partition coefficient (Wildman–Crippen LogP) is 11.2. The van der Waals surface area contributed by atoms with Crippen molar-refractivity contribution in [2.45, 2.75) is 170 Å². The van der Waals surface area contributed by atoms with Gasteiger partial charge in [0.25, 0.3) is 0 Å². The molecular weight excluding hydrogens is 632 g/mol. The summed E-state index contributed by atoms with van der Waals surface area (Å²) in [5.74, 6) is -0.228. The minimum atomic E-state index is -0.454. The highest BCUT2D eigenvalue weighted by Gasteiger charge is 2.19. The van der Waals surface area contributed by atoms with Crippen LogP contribution in [0.4, 0.5) is 0 Å². The normalized spacial score (nSPS) is 11.9. The SMILES string of the molecule is CCCCC(CC)COC(=O)CCCCC(=O)OCC(CC)CCCC.CCCCCCOC(=O)c1ccccc1C(=O)OCCCCCC. The molecule has 288 valence electrons. The maximum absolute atomic E-state index is 12.2. The maximum Gasteiger partial charge on any atom is 0.339 e. The summed E-state index contributed by atoms with van der Waals surface area (Å²) < 4.78 is 21.3. The third kappa shape index (κ3) is 25.1. The van der Waals surface area contributed by atoms with Gasteiger partial charge in [-0.05, 0) is 62.5 Å². The van der Waals surface area contributed by atoms with Gasteiger partial charge in [-0.15, -0.1) is 0 Å². The zero-order valence-electron chi connectivity index (χ0n) is 32.7. The van der Waals surface area contributed by atoms with Crippen LogP contribution >= 0.6 is 0 Å². The first-order valence-electron chi connectivity index (χ1n) is 20.0. The van der Waals surface area contributed by atoms with Crippen molar-refractivity contribution >= 4 is 23.9 Å². The number of carbonyl (C=O) groups is 4. The Morgan fingerprint density at radius 2 is 0.860 bits per heavy atom. The first-order chi connectivity index (χ1) is 24.3. The summed E-state index contributed by atoms with van der Waals surface area (Å²) in [5.41, 5.74) is 0.568. The molecule has 0 amide bonds. The average Bonchev–Trinajstić information content (AvgIpc) is 3.13. The second-order valence-corrected chi connectivity index (χ2v) is 13.3. The fourth-order valence-electron chi connectivity index (χ4n) is 5.28. The molecule has 2 atom stereocenters. The number of benzene rings is 1. The summed E-state index contributed by atoms with van der Waals surface area (Å²) in [6.07, 6.45) is 19.6. The van der Waals surface area contributed by atoms with E-state index in [1.165, 1.54) is 25.7 Å². The molecule has 0 aromatic heterocycles. The zero-order chi connectivity index (χ0) is 37.2. The minimum Gasteiger partial charge on any atom is -0.465 e. The monoisotopic (exact) mass is 705 g/mol. The van der Waals surface area contributed by atoms with Crippen LogP contribution < -0.4 is 0 Å². The number of carbonyl (C=O) groups excluding carboxylic acids is 4. The van der Waals surface area contributed by atoms with Crippen LogP contribution in [0.15, 0.2) is 24.3 Å². The van der Waals surface area contributed by atoms with Crippen LogP contribution in [0.1, 0.15) is 191 Å². The van der Waals surface area contributed by atoms with Crippen LogP contribution in [-0.2, 0) is 28.5 Å². The van der Waals surface area contributed by atoms with E-state index >= 15 is 0 Å². The van der Waals surface area contributed by atoms with E-state index in [-0.39, 0.29) is 23.1 Å². The number of esters is 4. The molecule has 2 unspecified atom stereocenters. The van der Waals surface area contributed by atoms with Crippen molar-refractivity contribution < 1.29 is 38.1 Å². The van der Waals surface area contributed by atoms with Crippen LogP contribution in [0.3, 0.4) is 0 Å². The molecule has 0 saturated heterocycles. The molecule has 50 heavy (non-hydrogen) atoms. The number of hydrogen-bond acceptors (Lipinski definition) is 8. The van der Waals surface area contributed by atoms with Crippen LogP contribution in [0, 0.1) is 11.8 Å². The third-order valence-electron chi connectivity index (χ3n) is 8.89. The number of hydrogen-bond donors (Lipinski definition) is 0. The van der Waals surface area contributed by atoms with E-state index in [2.05, 4.69) is 41.5 Å². The van der Waals surface area contributed by atoms with Gasteiger partial charge in [-0.3, -0.25) is 9.59 Å². The Kier molecular flexibility index (Phi) is 31.3. The van der Waals surface area contributed by atoms with Gasteiger partial charge in [-0.2, -0.15) is 0 Å². The van der Waals surface area contributed by atoms with Crippen molar-refractivity contribution in [2.24, 2.45) is 11.8 Å². The Morgan fingerprint density at radius 1 is 0.480 bits per heavy atom. The highest BCUT2D eigenvalue weighted by Crippen LogP contribution is 2.16. The first-order valence-corrected chi connectivity index (χ1v) is 20.0. The molecule has 8 heteroatoms. The predicted molar refractivity (Wildman–Crippen MR) is 202 cm³/mol. The summed E-state index contributed by atoms with van der Waals surface area (Å²) >= 11 is 0. The Balaban J connectivity index is 0.000000963. The molecule has 0 aliphatic heterocycles.